The van der Waals surface area contributed by atoms with Gasteiger partial charge in [0.25, 0.3) is 0 Å². The van der Waals surface area contributed by atoms with E-state index in [1.807, 2.05) is 31.2 Å². The molecule has 2 aromatic rings. The molecular weight excluding hydrogens is 438 g/mol. The molecule has 2 aromatic carbocycles. The normalized spacial score (nSPS) is 20.0. The van der Waals surface area contributed by atoms with E-state index in [1.54, 1.807) is 32.0 Å². The first kappa shape index (κ1) is 23.2. The Balaban J connectivity index is 1.99. The van der Waals surface area contributed by atoms with Crippen LogP contribution >= 0.6 is 11.6 Å². The van der Waals surface area contributed by atoms with Crippen molar-refractivity contribution in [2.24, 2.45) is 0 Å². The van der Waals surface area contributed by atoms with Crippen LogP contribution in [0.15, 0.2) is 42.5 Å². The second-order valence-electron chi connectivity index (χ2n) is 8.09. The van der Waals surface area contributed by atoms with Crippen LogP contribution in [0, 0.1) is 13.8 Å². The highest BCUT2D eigenvalue weighted by molar-refractivity contribution is 7.88. The van der Waals surface area contributed by atoms with Crippen LogP contribution in [0.1, 0.15) is 23.6 Å². The number of amides is 2. The monoisotopic (exact) mass is 463 g/mol. The molecular formula is C22H26ClN3O4S. The maximum absolute atomic E-state index is 13.4. The molecule has 0 aliphatic carbocycles. The molecule has 2 amide bonds. The van der Waals surface area contributed by atoms with Crippen molar-refractivity contribution in [3.8, 4) is 0 Å². The number of hydrogen-bond acceptors (Lipinski definition) is 4. The fraction of sp³-hybridized carbons (Fsp3) is 0.364. The Morgan fingerprint density at radius 1 is 1.16 bits per heavy atom. The standard InChI is InChI=1S/C22H26ClN3O4S/c1-15-8-10-17(11-9-15)12-24-21(28)22(3)14-25(31(4,29)30)13-20(27)26(22)19-7-5-6-18(23)16(19)2/h5-11H,12-14H2,1-4H3,(H,24,28)/t22-/m0/s1. The molecule has 0 aromatic heterocycles. The minimum absolute atomic E-state index is 0.163. The first-order chi connectivity index (χ1) is 14.4. The number of hydrogen-bond donors (Lipinski definition) is 1. The third-order valence-electron chi connectivity index (χ3n) is 5.55. The lowest BCUT2D eigenvalue weighted by Crippen LogP contribution is -2.70. The second-order valence-corrected chi connectivity index (χ2v) is 10.5. The summed E-state index contributed by atoms with van der Waals surface area (Å²) in [5, 5.41) is 3.32. The van der Waals surface area contributed by atoms with Crippen LogP contribution in [0.2, 0.25) is 5.02 Å². The number of carbonyl (C=O) groups is 2. The van der Waals surface area contributed by atoms with Crippen molar-refractivity contribution >= 4 is 39.1 Å². The number of sulfonamides is 1. The number of halogens is 1. The number of carbonyl (C=O) groups excluding carboxylic acids is 2. The van der Waals surface area contributed by atoms with E-state index >= 15 is 0 Å². The van der Waals surface area contributed by atoms with Crippen molar-refractivity contribution in [1.29, 1.82) is 0 Å². The molecule has 9 heteroatoms. The summed E-state index contributed by atoms with van der Waals surface area (Å²) in [6.45, 7) is 5.06. The summed E-state index contributed by atoms with van der Waals surface area (Å²) in [5.74, 6) is -0.941. The summed E-state index contributed by atoms with van der Waals surface area (Å²) in [4.78, 5) is 27.9. The van der Waals surface area contributed by atoms with E-state index in [9.17, 15) is 18.0 Å². The maximum Gasteiger partial charge on any atom is 0.247 e. The second kappa shape index (κ2) is 8.61. The van der Waals surface area contributed by atoms with Crippen LogP contribution in [-0.4, -0.2) is 49.4 Å². The molecule has 0 unspecified atom stereocenters. The molecule has 1 aliphatic heterocycles. The molecule has 166 valence electrons. The average Bonchev–Trinajstić information content (AvgIpc) is 2.69. The summed E-state index contributed by atoms with van der Waals surface area (Å²) in [7, 11) is -3.68. The number of nitrogens with zero attached hydrogens (tertiary/aromatic N) is 2. The largest absolute Gasteiger partial charge is 0.350 e. The van der Waals surface area contributed by atoms with E-state index in [4.69, 9.17) is 11.6 Å². The van der Waals surface area contributed by atoms with Crippen LogP contribution < -0.4 is 10.2 Å². The Bertz CT molecular complexity index is 1120. The number of anilines is 1. The van der Waals surface area contributed by atoms with Crippen LogP contribution in [0.3, 0.4) is 0 Å². The Labute approximate surface area is 188 Å². The highest BCUT2D eigenvalue weighted by Crippen LogP contribution is 2.35. The number of benzene rings is 2. The van der Waals surface area contributed by atoms with Gasteiger partial charge < -0.3 is 5.32 Å². The van der Waals surface area contributed by atoms with E-state index in [0.717, 1.165) is 21.7 Å². The molecule has 0 radical (unpaired) electrons. The molecule has 31 heavy (non-hydrogen) atoms. The van der Waals surface area contributed by atoms with Gasteiger partial charge in [0, 0.05) is 23.8 Å². The summed E-state index contributed by atoms with van der Waals surface area (Å²) in [5.41, 5.74) is 1.67. The molecule has 0 bridgehead atoms. The van der Waals surface area contributed by atoms with Crippen molar-refractivity contribution in [2.45, 2.75) is 32.9 Å². The van der Waals surface area contributed by atoms with E-state index in [-0.39, 0.29) is 19.6 Å². The van der Waals surface area contributed by atoms with Crippen molar-refractivity contribution < 1.29 is 18.0 Å². The number of aryl methyl sites for hydroxylation is 1. The van der Waals surface area contributed by atoms with Gasteiger partial charge in [-0.15, -0.1) is 0 Å². The van der Waals surface area contributed by atoms with Crippen molar-refractivity contribution in [3.63, 3.8) is 0 Å². The highest BCUT2D eigenvalue weighted by atomic mass is 35.5. The zero-order valence-electron chi connectivity index (χ0n) is 18.0. The van der Waals surface area contributed by atoms with Crippen LogP contribution in [0.25, 0.3) is 0 Å². The Morgan fingerprint density at radius 2 is 1.81 bits per heavy atom. The molecule has 1 N–H and O–H groups in total. The van der Waals surface area contributed by atoms with Crippen LogP contribution in [-0.2, 0) is 26.2 Å². The minimum atomic E-state index is -3.68. The van der Waals surface area contributed by atoms with Crippen LogP contribution in [0.5, 0.6) is 0 Å². The number of piperazine rings is 1. The van der Waals surface area contributed by atoms with Gasteiger partial charge in [-0.1, -0.05) is 47.5 Å². The average molecular weight is 464 g/mol. The van der Waals surface area contributed by atoms with Gasteiger partial charge in [0.15, 0.2) is 0 Å². The van der Waals surface area contributed by atoms with Gasteiger partial charge in [0.05, 0.1) is 12.8 Å². The third-order valence-corrected chi connectivity index (χ3v) is 7.16. The Kier molecular flexibility index (Phi) is 6.45. The lowest BCUT2D eigenvalue weighted by molar-refractivity contribution is -0.133. The maximum atomic E-state index is 13.4. The molecule has 1 fully saturated rings. The lowest BCUT2D eigenvalue weighted by Gasteiger charge is -2.47. The minimum Gasteiger partial charge on any atom is -0.350 e. The van der Waals surface area contributed by atoms with Crippen molar-refractivity contribution in [1.82, 2.24) is 9.62 Å². The predicted octanol–water partition coefficient (Wildman–Crippen LogP) is 2.64. The summed E-state index contributed by atoms with van der Waals surface area (Å²) in [6.07, 6.45) is 1.03. The first-order valence-corrected chi connectivity index (χ1v) is 12.0. The smallest absolute Gasteiger partial charge is 0.247 e. The molecule has 1 atom stereocenters. The number of nitrogens with one attached hydrogen (secondary N) is 1. The van der Waals surface area contributed by atoms with Crippen LogP contribution in [0.4, 0.5) is 5.69 Å². The molecule has 1 saturated heterocycles. The Hall–Kier alpha value is -2.42. The molecule has 0 saturated carbocycles. The molecule has 1 heterocycles. The van der Waals surface area contributed by atoms with Gasteiger partial charge in [-0.2, -0.15) is 4.31 Å². The van der Waals surface area contributed by atoms with E-state index < -0.39 is 27.4 Å². The molecule has 3 rings (SSSR count). The SMILES string of the molecule is Cc1ccc(CNC(=O)[C@]2(C)CN(S(C)(=O)=O)CC(=O)N2c2cccc(Cl)c2C)cc1. The zero-order chi connectivity index (χ0) is 23.0. The van der Waals surface area contributed by atoms with Gasteiger partial charge in [0.2, 0.25) is 21.8 Å². The fourth-order valence-corrected chi connectivity index (χ4v) is 4.69. The molecule has 0 spiro atoms. The summed E-state index contributed by atoms with van der Waals surface area (Å²) < 4.78 is 25.5. The fourth-order valence-electron chi connectivity index (χ4n) is 3.69. The van der Waals surface area contributed by atoms with E-state index in [2.05, 4.69) is 5.32 Å². The molecule has 7 nitrogen and oxygen atoms in total. The zero-order valence-corrected chi connectivity index (χ0v) is 19.5. The van der Waals surface area contributed by atoms with Gasteiger partial charge in [-0.25, -0.2) is 8.42 Å². The third kappa shape index (κ3) is 4.76. The van der Waals surface area contributed by atoms with Crippen molar-refractivity contribution in [2.75, 3.05) is 24.2 Å². The van der Waals surface area contributed by atoms with Gasteiger partial charge in [-0.3, -0.25) is 14.5 Å². The summed E-state index contributed by atoms with van der Waals surface area (Å²) in [6, 6.07) is 12.8. The van der Waals surface area contributed by atoms with Gasteiger partial charge >= 0.3 is 0 Å². The predicted molar refractivity (Wildman–Crippen MR) is 122 cm³/mol. The Morgan fingerprint density at radius 3 is 2.42 bits per heavy atom. The lowest BCUT2D eigenvalue weighted by atomic mass is 9.93. The topological polar surface area (TPSA) is 86.8 Å². The quantitative estimate of drug-likeness (QED) is 0.738. The number of rotatable bonds is 5. The highest BCUT2D eigenvalue weighted by Gasteiger charge is 2.50. The molecule has 1 aliphatic rings. The first-order valence-electron chi connectivity index (χ1n) is 9.80. The summed E-state index contributed by atoms with van der Waals surface area (Å²) >= 11 is 6.26. The van der Waals surface area contributed by atoms with E-state index in [1.165, 1.54) is 4.90 Å². The van der Waals surface area contributed by atoms with Gasteiger partial charge in [-0.05, 0) is 44.0 Å². The van der Waals surface area contributed by atoms with E-state index in [0.29, 0.717) is 16.3 Å². The van der Waals surface area contributed by atoms with Crippen molar-refractivity contribution in [3.05, 3.63) is 64.2 Å². The van der Waals surface area contributed by atoms with Gasteiger partial charge in [0.1, 0.15) is 5.54 Å².